The molecule has 0 unspecified atom stereocenters. The number of aromatic nitrogens is 2. The Balaban J connectivity index is 2.05. The molecule has 0 fully saturated rings. The molecule has 1 aromatic heterocycles. The van der Waals surface area contributed by atoms with Crippen molar-refractivity contribution in [2.75, 3.05) is 0 Å². The smallest absolute Gasteiger partial charge is 0.109 e. The van der Waals surface area contributed by atoms with Crippen molar-refractivity contribution in [2.24, 2.45) is 5.73 Å². The van der Waals surface area contributed by atoms with Crippen LogP contribution in [0.2, 0.25) is 5.02 Å². The Morgan fingerprint density at radius 3 is 2.71 bits per heavy atom. The van der Waals surface area contributed by atoms with Crippen molar-refractivity contribution in [2.45, 2.75) is 26.4 Å². The molecule has 4 heteroatoms. The summed E-state index contributed by atoms with van der Waals surface area (Å²) in [7, 11) is 0. The van der Waals surface area contributed by atoms with Crippen LogP contribution in [0.3, 0.4) is 0 Å². The first-order valence-corrected chi connectivity index (χ1v) is 7.52. The second kappa shape index (κ2) is 5.88. The third kappa shape index (κ3) is 2.67. The molecule has 0 spiro atoms. The molecule has 3 nitrogen and oxygen atoms in total. The summed E-state index contributed by atoms with van der Waals surface area (Å²) < 4.78 is 2.23. The number of hydrogen-bond donors (Lipinski definition) is 1. The third-order valence-electron chi connectivity index (χ3n) is 3.73. The Morgan fingerprint density at radius 2 is 2.00 bits per heavy atom. The van der Waals surface area contributed by atoms with E-state index in [9.17, 15) is 0 Å². The minimum atomic E-state index is 0.508. The van der Waals surface area contributed by atoms with E-state index in [1.54, 1.807) is 0 Å². The first-order chi connectivity index (χ1) is 10.2. The average Bonchev–Trinajstić information content (AvgIpc) is 2.87. The molecular weight excluding hydrogens is 282 g/mol. The lowest BCUT2D eigenvalue weighted by molar-refractivity contribution is 0.753. The largest absolute Gasteiger partial charge is 0.326 e. The quantitative estimate of drug-likeness (QED) is 0.797. The Morgan fingerprint density at radius 1 is 1.19 bits per heavy atom. The standard InChI is InChI=1S/C17H18ClN3/c1-2-17-20-15-5-3-4-6-16(15)21(17)11-13-8-7-12(10-19)9-14(13)18/h3-9H,2,10-11,19H2,1H3. The number of halogens is 1. The highest BCUT2D eigenvalue weighted by molar-refractivity contribution is 6.31. The molecule has 2 aromatic carbocycles. The summed E-state index contributed by atoms with van der Waals surface area (Å²) in [5.74, 6) is 1.08. The Kier molecular flexibility index (Phi) is 3.95. The Bertz CT molecular complexity index is 777. The van der Waals surface area contributed by atoms with Crippen molar-refractivity contribution in [1.82, 2.24) is 9.55 Å². The van der Waals surface area contributed by atoms with E-state index in [1.807, 2.05) is 30.3 Å². The summed E-state index contributed by atoms with van der Waals surface area (Å²) in [4.78, 5) is 4.69. The molecular formula is C17H18ClN3. The van der Waals surface area contributed by atoms with Crippen molar-refractivity contribution in [1.29, 1.82) is 0 Å². The number of nitrogens with two attached hydrogens (primary N) is 1. The summed E-state index contributed by atoms with van der Waals surface area (Å²) in [5, 5.41) is 0.762. The predicted molar refractivity (Wildman–Crippen MR) is 87.6 cm³/mol. The number of aryl methyl sites for hydroxylation is 1. The molecule has 0 saturated carbocycles. The fourth-order valence-electron chi connectivity index (χ4n) is 2.59. The molecule has 0 amide bonds. The molecule has 0 aliphatic heterocycles. The average molecular weight is 300 g/mol. The fourth-order valence-corrected chi connectivity index (χ4v) is 2.85. The lowest BCUT2D eigenvalue weighted by Crippen LogP contribution is -2.05. The van der Waals surface area contributed by atoms with Gasteiger partial charge in [0.2, 0.25) is 0 Å². The van der Waals surface area contributed by atoms with Crippen LogP contribution in [0.15, 0.2) is 42.5 Å². The molecule has 0 aliphatic rings. The molecule has 0 aliphatic carbocycles. The predicted octanol–water partition coefficient (Wildman–Crippen LogP) is 3.76. The molecule has 3 rings (SSSR count). The maximum absolute atomic E-state index is 6.38. The summed E-state index contributed by atoms with van der Waals surface area (Å²) in [6.07, 6.45) is 0.896. The van der Waals surface area contributed by atoms with Gasteiger partial charge in [0.1, 0.15) is 5.82 Å². The molecule has 0 saturated heterocycles. The Hall–Kier alpha value is -1.84. The van der Waals surface area contributed by atoms with Gasteiger partial charge in [-0.25, -0.2) is 4.98 Å². The molecule has 2 N–H and O–H groups in total. The van der Waals surface area contributed by atoms with Gasteiger partial charge in [0.05, 0.1) is 17.6 Å². The van der Waals surface area contributed by atoms with Gasteiger partial charge >= 0.3 is 0 Å². The van der Waals surface area contributed by atoms with Crippen molar-refractivity contribution in [3.63, 3.8) is 0 Å². The first kappa shape index (κ1) is 14.1. The number of rotatable bonds is 4. The third-order valence-corrected chi connectivity index (χ3v) is 4.08. The number of benzene rings is 2. The summed E-state index contributed by atoms with van der Waals surface area (Å²) >= 11 is 6.38. The molecule has 0 bridgehead atoms. The highest BCUT2D eigenvalue weighted by Crippen LogP contribution is 2.23. The van der Waals surface area contributed by atoms with Gasteiger partial charge in [0.15, 0.2) is 0 Å². The zero-order chi connectivity index (χ0) is 14.8. The normalized spacial score (nSPS) is 11.2. The van der Waals surface area contributed by atoms with Crippen LogP contribution in [0.5, 0.6) is 0 Å². The van der Waals surface area contributed by atoms with Gasteiger partial charge < -0.3 is 10.3 Å². The van der Waals surface area contributed by atoms with Gasteiger partial charge in [-0.15, -0.1) is 0 Å². The molecule has 0 radical (unpaired) electrons. The lowest BCUT2D eigenvalue weighted by atomic mass is 10.1. The first-order valence-electron chi connectivity index (χ1n) is 7.14. The Labute approximate surface area is 129 Å². The van der Waals surface area contributed by atoms with Gasteiger partial charge in [-0.05, 0) is 29.3 Å². The van der Waals surface area contributed by atoms with Gasteiger partial charge in [-0.3, -0.25) is 0 Å². The number of para-hydroxylation sites is 2. The monoisotopic (exact) mass is 299 g/mol. The van der Waals surface area contributed by atoms with E-state index >= 15 is 0 Å². The van der Waals surface area contributed by atoms with Crippen molar-refractivity contribution < 1.29 is 0 Å². The summed E-state index contributed by atoms with van der Waals surface area (Å²) in [6.45, 7) is 3.36. The van der Waals surface area contributed by atoms with E-state index in [1.165, 1.54) is 0 Å². The fraction of sp³-hybridized carbons (Fsp3) is 0.235. The van der Waals surface area contributed by atoms with Crippen molar-refractivity contribution in [3.8, 4) is 0 Å². The van der Waals surface area contributed by atoms with Gasteiger partial charge in [-0.2, -0.15) is 0 Å². The minimum Gasteiger partial charge on any atom is -0.326 e. The summed E-state index contributed by atoms with van der Waals surface area (Å²) in [5.41, 5.74) is 9.97. The maximum atomic E-state index is 6.38. The van der Waals surface area contributed by atoms with E-state index in [2.05, 4.69) is 23.6 Å². The second-order valence-corrected chi connectivity index (χ2v) is 5.49. The molecule has 21 heavy (non-hydrogen) atoms. The van der Waals surface area contributed by atoms with Crippen LogP contribution in [0.4, 0.5) is 0 Å². The zero-order valence-corrected chi connectivity index (χ0v) is 12.8. The van der Waals surface area contributed by atoms with Crippen LogP contribution < -0.4 is 5.73 Å². The van der Waals surface area contributed by atoms with Crippen LogP contribution in [0.25, 0.3) is 11.0 Å². The van der Waals surface area contributed by atoms with Crippen LogP contribution in [0, 0.1) is 0 Å². The molecule has 0 atom stereocenters. The highest BCUT2D eigenvalue weighted by atomic mass is 35.5. The highest BCUT2D eigenvalue weighted by Gasteiger charge is 2.11. The van der Waals surface area contributed by atoms with E-state index < -0.39 is 0 Å². The maximum Gasteiger partial charge on any atom is 0.109 e. The van der Waals surface area contributed by atoms with E-state index in [4.69, 9.17) is 22.3 Å². The van der Waals surface area contributed by atoms with Crippen LogP contribution in [0.1, 0.15) is 23.9 Å². The number of imidazole rings is 1. The van der Waals surface area contributed by atoms with E-state index in [0.29, 0.717) is 6.54 Å². The van der Waals surface area contributed by atoms with E-state index in [0.717, 1.165) is 46.0 Å². The lowest BCUT2D eigenvalue weighted by Gasteiger charge is -2.11. The van der Waals surface area contributed by atoms with Gasteiger partial charge in [-0.1, -0.05) is 42.8 Å². The van der Waals surface area contributed by atoms with Crippen LogP contribution in [-0.4, -0.2) is 9.55 Å². The zero-order valence-electron chi connectivity index (χ0n) is 12.0. The van der Waals surface area contributed by atoms with Gasteiger partial charge in [0.25, 0.3) is 0 Å². The molecule has 3 aromatic rings. The number of hydrogen-bond acceptors (Lipinski definition) is 2. The molecule has 1 heterocycles. The SMILES string of the molecule is CCc1nc2ccccc2n1Cc1ccc(CN)cc1Cl. The number of nitrogens with zero attached hydrogens (tertiary/aromatic N) is 2. The number of fused-ring (bicyclic) bond motifs is 1. The topological polar surface area (TPSA) is 43.8 Å². The van der Waals surface area contributed by atoms with E-state index in [-0.39, 0.29) is 0 Å². The molecule has 108 valence electrons. The van der Waals surface area contributed by atoms with Crippen molar-refractivity contribution >= 4 is 22.6 Å². The summed E-state index contributed by atoms with van der Waals surface area (Å²) in [6, 6.07) is 14.2. The van der Waals surface area contributed by atoms with Crippen LogP contribution >= 0.6 is 11.6 Å². The van der Waals surface area contributed by atoms with Gasteiger partial charge in [0, 0.05) is 18.0 Å². The second-order valence-electron chi connectivity index (χ2n) is 5.09. The van der Waals surface area contributed by atoms with Crippen LogP contribution in [-0.2, 0) is 19.5 Å². The minimum absolute atomic E-state index is 0.508. The van der Waals surface area contributed by atoms with Crippen molar-refractivity contribution in [3.05, 3.63) is 64.4 Å².